The molecule has 11 aromatic carbocycles. The van der Waals surface area contributed by atoms with Crippen molar-refractivity contribution in [2.45, 2.75) is 156 Å². The maximum absolute atomic E-state index is 13.0. The molecule has 0 saturated carbocycles. The molecule has 4 heterocycles. The fourth-order valence-corrected chi connectivity index (χ4v) is 14.4. The zero-order valence-corrected chi connectivity index (χ0v) is 78.3. The third kappa shape index (κ3) is 25.3. The maximum atomic E-state index is 13.0. The van der Waals surface area contributed by atoms with Gasteiger partial charge in [0.1, 0.15) is 23.3 Å². The molecule has 4 aromatic heterocycles. The van der Waals surface area contributed by atoms with E-state index in [4.69, 9.17) is 39.1 Å². The Bertz CT molecular complexity index is 6780. The van der Waals surface area contributed by atoms with E-state index in [0.29, 0.717) is 63.2 Å². The van der Waals surface area contributed by atoms with Crippen molar-refractivity contribution in [3.63, 3.8) is 0 Å². The highest BCUT2D eigenvalue weighted by Gasteiger charge is 2.40. The largest absolute Gasteiger partial charge is 0.481 e. The smallest absolute Gasteiger partial charge is 0.418 e. The van der Waals surface area contributed by atoms with Gasteiger partial charge in [-0.05, 0) is 138 Å². The minimum absolute atomic E-state index is 0.153. The summed E-state index contributed by atoms with van der Waals surface area (Å²) in [6.45, 7) is 29.6. The van der Waals surface area contributed by atoms with E-state index < -0.39 is 47.7 Å². The summed E-state index contributed by atoms with van der Waals surface area (Å²) in [5.41, 5.74) is 13.7. The maximum Gasteiger partial charge on any atom is 0.418 e. The van der Waals surface area contributed by atoms with Gasteiger partial charge in [0.15, 0.2) is 6.10 Å². The molecule has 134 heavy (non-hydrogen) atoms. The first-order valence-electron chi connectivity index (χ1n) is 43.1. The zero-order chi connectivity index (χ0) is 97.1. The van der Waals surface area contributed by atoms with Crippen molar-refractivity contribution in [1.29, 1.82) is 0 Å². The minimum Gasteiger partial charge on any atom is -0.481 e. The number of primary amides is 1. The second-order valence-electron chi connectivity index (χ2n) is 36.9. The van der Waals surface area contributed by atoms with Crippen LogP contribution in [0.2, 0.25) is 10.0 Å². The Morgan fingerprint density at radius 1 is 0.381 bits per heavy atom. The molecule has 0 aliphatic carbocycles. The fraction of sp³-hybridized carbons (Fsp3) is 0.243. The summed E-state index contributed by atoms with van der Waals surface area (Å²) in [6, 6.07) is 78.7. The number of aromatic nitrogens is 8. The first-order chi connectivity index (χ1) is 63.1. The van der Waals surface area contributed by atoms with Crippen LogP contribution in [-0.4, -0.2) is 96.6 Å². The molecule has 15 rings (SSSR count). The minimum atomic E-state index is -4.76. The third-order valence-electron chi connectivity index (χ3n) is 21.4. The van der Waals surface area contributed by atoms with Crippen LogP contribution in [-0.2, 0) is 49.7 Å². The number of fused-ring (bicyclic) bond motifs is 3. The number of nitrogens with zero attached hydrogens (tertiary/aromatic N) is 8. The van der Waals surface area contributed by atoms with Crippen molar-refractivity contribution in [3.8, 4) is 22.7 Å². The number of nitrogens with one attached hydrogen (secondary N) is 8. The van der Waals surface area contributed by atoms with Crippen molar-refractivity contribution >= 4 is 138 Å². The highest BCUT2D eigenvalue weighted by molar-refractivity contribution is 6.44. The molecule has 0 spiro atoms. The van der Waals surface area contributed by atoms with Crippen LogP contribution in [0.15, 0.2) is 267 Å². The highest BCUT2D eigenvalue weighted by atomic mass is 35.5. The highest BCUT2D eigenvalue weighted by Crippen LogP contribution is 2.38. The number of urea groups is 4. The van der Waals surface area contributed by atoms with Gasteiger partial charge in [-0.2, -0.15) is 33.6 Å². The molecule has 0 bridgehead atoms. The van der Waals surface area contributed by atoms with E-state index in [2.05, 4.69) is 94.3 Å². The molecule has 26 nitrogen and oxygen atoms in total. The number of carboxylic acid groups (broad SMARTS) is 1. The van der Waals surface area contributed by atoms with Crippen molar-refractivity contribution in [1.82, 2.24) is 39.1 Å². The lowest BCUT2D eigenvalue weighted by atomic mass is 9.92. The molecular weight excluding hydrogens is 1750 g/mol. The fourth-order valence-electron chi connectivity index (χ4n) is 14.0. The summed E-state index contributed by atoms with van der Waals surface area (Å²) in [4.78, 5) is 74.0. The Hall–Kier alpha value is -14.7. The molecule has 0 saturated heterocycles. The standard InChI is InChI=1S/C28H30N4O3.C27H30N4O2.C26H25F3N4O2.C22H23Cl2N5O2/c1-18(26(33)34)15-19-9-7-12-21(16-19)32-25(17-24(31-32)28(2,3)4)30-27(35)29-23-14-8-11-20-10-5-6-13-22(20)23;1-26(2,3)23-17-24(31(30-23)20-13-9-12-19(16-20)27(4,5)33)29-25(32)28-22-15-8-11-18-10-6-7-14-21(18)22;1-25(2,3)21-15-22(31-24(35)30-20-10-6-8-16-7-4-5-9-19(16)20)33(32-21)18-13-11-17(12-14-18)23(34)26(27,28)29;1-22(2,3)17-12-19(27-21(31)26-16-6-4-5-15(23)20(16)24)29(28-17)14-9-7-13(8-10-14)11-18(25)30/h5-14,16-18H,15H2,1-4H3,(H,33,34)(H2,29,30,35);6-17,33H,1-5H3,(H2,28,29,32);4-15,23,34H,1-3H3,(H2,30,31,35);4-10,12H,11H2,1-3H3,(H2,25,30)(H2,26,27,31). The summed E-state index contributed by atoms with van der Waals surface area (Å²) < 4.78 is 45.0. The normalized spacial score (nSPS) is 12.2. The molecule has 13 N–H and O–H groups in total. The number of hydrogen-bond donors (Lipinski definition) is 12. The number of aliphatic hydroxyl groups excluding tert-OH is 1. The molecule has 0 radical (unpaired) electrons. The number of hydrogen-bond acceptors (Lipinski definition) is 12. The summed E-state index contributed by atoms with van der Waals surface area (Å²) in [6.07, 6.45) is -6.79. The molecule has 2 atom stereocenters. The Balaban J connectivity index is 0.000000161. The van der Waals surface area contributed by atoms with Crippen LogP contribution in [0.4, 0.5) is 78.4 Å². The van der Waals surface area contributed by atoms with Gasteiger partial charge >= 0.3 is 36.3 Å². The third-order valence-corrected chi connectivity index (χ3v) is 22.2. The van der Waals surface area contributed by atoms with E-state index in [1.54, 1.807) is 77.3 Å². The molecule has 0 aliphatic rings. The van der Waals surface area contributed by atoms with E-state index in [1.165, 1.54) is 28.9 Å². The summed E-state index contributed by atoms with van der Waals surface area (Å²) >= 11 is 12.2. The first kappa shape index (κ1) is 98.4. The van der Waals surface area contributed by atoms with E-state index in [1.807, 2.05) is 242 Å². The number of carbonyl (C=O) groups excluding carboxylic acids is 5. The number of aliphatic hydroxyl groups is 2. The average Bonchev–Trinajstić information content (AvgIpc) is 1.65. The number of aliphatic carboxylic acids is 1. The van der Waals surface area contributed by atoms with Gasteiger partial charge in [0.25, 0.3) is 0 Å². The second-order valence-corrected chi connectivity index (χ2v) is 37.7. The van der Waals surface area contributed by atoms with Gasteiger partial charge in [0.05, 0.1) is 96.3 Å². The van der Waals surface area contributed by atoms with Crippen LogP contribution in [0, 0.1) is 5.92 Å². The number of anilines is 8. The summed E-state index contributed by atoms with van der Waals surface area (Å²) in [7, 11) is 0. The van der Waals surface area contributed by atoms with E-state index >= 15 is 0 Å². The number of carbonyl (C=O) groups is 6. The SMILES string of the molecule is CC(C)(C)c1cc(NC(=O)Nc2cccc(Cl)c2Cl)n(-c2ccc(CC(N)=O)cc2)n1.CC(C)(C)c1cc(NC(=O)Nc2cccc3ccccc23)n(-c2ccc(C(O)C(F)(F)F)cc2)n1.CC(C)(C)c1cc(NC(=O)Nc2cccc3ccccc23)n(-c2cccc(C(C)(C)O)c2)n1.CC(Cc1cccc(-n2nc(C(C)(C)C)cc2NC(=O)Nc2cccc3ccccc23)c1)C(=O)O. The van der Waals surface area contributed by atoms with E-state index in [0.717, 1.165) is 88.8 Å². The molecule has 0 aliphatic heterocycles. The van der Waals surface area contributed by atoms with Gasteiger partial charge in [-0.1, -0.05) is 277 Å². The zero-order valence-electron chi connectivity index (χ0n) is 76.8. The van der Waals surface area contributed by atoms with Crippen molar-refractivity contribution in [2.24, 2.45) is 11.7 Å². The summed E-state index contributed by atoms with van der Waals surface area (Å²) in [5.74, 6) is 0.149. The van der Waals surface area contributed by atoms with Crippen molar-refractivity contribution in [3.05, 3.63) is 322 Å². The number of benzene rings is 11. The Morgan fingerprint density at radius 2 is 0.701 bits per heavy atom. The number of amides is 9. The van der Waals surface area contributed by atoms with Gasteiger partial charge in [-0.25, -0.2) is 37.9 Å². The van der Waals surface area contributed by atoms with Crippen LogP contribution >= 0.6 is 23.2 Å². The number of nitrogens with two attached hydrogens (primary N) is 1. The lowest BCUT2D eigenvalue weighted by Gasteiger charge is -2.19. The monoisotopic (exact) mass is 1850 g/mol. The van der Waals surface area contributed by atoms with Gasteiger partial charge < -0.3 is 42.3 Å². The van der Waals surface area contributed by atoms with Gasteiger partial charge in [0, 0.05) is 62.1 Å². The number of rotatable bonds is 19. The molecule has 31 heteroatoms. The topological polar surface area (TPSA) is 357 Å². The molecule has 694 valence electrons. The van der Waals surface area contributed by atoms with E-state index in [9.17, 15) is 57.3 Å². The first-order valence-corrected chi connectivity index (χ1v) is 43.9. The lowest BCUT2D eigenvalue weighted by molar-refractivity contribution is -0.206. The molecular formula is C103H108Cl2F3N17O9. The molecule has 15 aromatic rings. The van der Waals surface area contributed by atoms with Crippen LogP contribution in [0.25, 0.3) is 55.1 Å². The number of halogens is 5. The van der Waals surface area contributed by atoms with Crippen molar-refractivity contribution in [2.75, 3.05) is 42.5 Å². The molecule has 2 unspecified atom stereocenters. The van der Waals surface area contributed by atoms with E-state index in [-0.39, 0.29) is 50.7 Å². The van der Waals surface area contributed by atoms with Gasteiger partial charge in [-0.3, -0.25) is 30.9 Å². The number of alkyl halides is 3. The predicted octanol–water partition coefficient (Wildman–Crippen LogP) is 24.1. The number of carboxylic acids is 1. The molecule has 9 amide bonds. The lowest BCUT2D eigenvalue weighted by Crippen LogP contribution is -2.21. The van der Waals surface area contributed by atoms with Crippen LogP contribution in [0.1, 0.15) is 155 Å². The molecule has 0 fully saturated rings. The van der Waals surface area contributed by atoms with Crippen LogP contribution < -0.4 is 48.3 Å². The Labute approximate surface area is 784 Å². The Kier molecular flexibility index (Phi) is 30.1. The Morgan fingerprint density at radius 3 is 1.06 bits per heavy atom. The average molecular weight is 1860 g/mol. The van der Waals surface area contributed by atoms with Crippen LogP contribution in [0.5, 0.6) is 0 Å². The quantitative estimate of drug-likeness (QED) is 0.0359. The van der Waals surface area contributed by atoms with Gasteiger partial charge in [-0.15, -0.1) is 0 Å². The van der Waals surface area contributed by atoms with Crippen molar-refractivity contribution < 1.29 is 57.3 Å². The second kappa shape index (κ2) is 41.0. The predicted molar refractivity (Wildman–Crippen MR) is 528 cm³/mol. The van der Waals surface area contributed by atoms with Gasteiger partial charge in [0.2, 0.25) is 5.91 Å². The summed E-state index contributed by atoms with van der Waals surface area (Å²) in [5, 5.41) is 77.5. The van der Waals surface area contributed by atoms with Crippen LogP contribution in [0.3, 0.4) is 0 Å².